The molecule has 1 fully saturated rings. The van der Waals surface area contributed by atoms with Crippen molar-refractivity contribution >= 4 is 53.0 Å². The van der Waals surface area contributed by atoms with E-state index in [1.54, 1.807) is 30.0 Å². The second kappa shape index (κ2) is 9.94. The first-order chi connectivity index (χ1) is 15.9. The molecule has 6 nitrogen and oxygen atoms in total. The van der Waals surface area contributed by atoms with Gasteiger partial charge in [0.2, 0.25) is 5.91 Å². The van der Waals surface area contributed by atoms with Gasteiger partial charge in [0, 0.05) is 20.5 Å². The van der Waals surface area contributed by atoms with E-state index in [1.165, 1.54) is 0 Å². The van der Waals surface area contributed by atoms with Crippen LogP contribution in [0.25, 0.3) is 6.08 Å². The molecular weight excluding hydrogens is 458 g/mol. The van der Waals surface area contributed by atoms with Crippen LogP contribution in [0.2, 0.25) is 5.02 Å². The van der Waals surface area contributed by atoms with Gasteiger partial charge < -0.3 is 10.6 Å². The quantitative estimate of drug-likeness (QED) is 0.371. The Morgan fingerprint density at radius 2 is 1.64 bits per heavy atom. The second-order valence-corrected chi connectivity index (χ2v) is 8.95. The van der Waals surface area contributed by atoms with Gasteiger partial charge in [-0.2, -0.15) is 0 Å². The van der Waals surface area contributed by atoms with E-state index in [1.807, 2.05) is 67.6 Å². The fourth-order valence-electron chi connectivity index (χ4n) is 3.20. The molecule has 4 amide bonds. The Morgan fingerprint density at radius 1 is 1.00 bits per heavy atom. The van der Waals surface area contributed by atoms with Crippen molar-refractivity contribution in [1.82, 2.24) is 10.2 Å². The van der Waals surface area contributed by atoms with Crippen LogP contribution >= 0.6 is 23.4 Å². The number of amides is 4. The maximum Gasteiger partial charge on any atom is 0.329 e. The molecule has 0 saturated carbocycles. The maximum atomic E-state index is 12.7. The van der Waals surface area contributed by atoms with E-state index in [4.69, 9.17) is 11.6 Å². The fourth-order valence-corrected chi connectivity index (χ4v) is 4.14. The zero-order chi connectivity index (χ0) is 23.4. The number of para-hydroxylation sites is 1. The Hall–Kier alpha value is -3.55. The molecule has 2 N–H and O–H groups in total. The summed E-state index contributed by atoms with van der Waals surface area (Å²) >= 11 is 7.51. The summed E-state index contributed by atoms with van der Waals surface area (Å²) in [4.78, 5) is 40.3. The number of aryl methyl sites for hydroxylation is 1. The molecule has 3 aromatic carbocycles. The Kier molecular flexibility index (Phi) is 6.82. The zero-order valence-corrected chi connectivity index (χ0v) is 19.2. The van der Waals surface area contributed by atoms with Crippen molar-refractivity contribution < 1.29 is 14.4 Å². The molecule has 33 heavy (non-hydrogen) atoms. The molecule has 1 heterocycles. The molecule has 3 aromatic rings. The Balaban J connectivity index is 1.40. The van der Waals surface area contributed by atoms with Crippen LogP contribution in [0.1, 0.15) is 11.1 Å². The van der Waals surface area contributed by atoms with Crippen molar-refractivity contribution in [1.29, 1.82) is 0 Å². The highest BCUT2D eigenvalue weighted by Crippen LogP contribution is 2.29. The number of urea groups is 1. The summed E-state index contributed by atoms with van der Waals surface area (Å²) in [5.41, 5.74) is 2.41. The number of benzene rings is 3. The van der Waals surface area contributed by atoms with Crippen molar-refractivity contribution in [2.75, 3.05) is 11.9 Å². The van der Waals surface area contributed by atoms with E-state index in [0.29, 0.717) is 10.7 Å². The number of hydrogen-bond acceptors (Lipinski definition) is 4. The largest absolute Gasteiger partial charge is 0.329 e. The molecule has 1 aliphatic rings. The van der Waals surface area contributed by atoms with Gasteiger partial charge in [-0.25, -0.2) is 9.69 Å². The molecule has 0 spiro atoms. The summed E-state index contributed by atoms with van der Waals surface area (Å²) in [6.45, 7) is 1.50. The van der Waals surface area contributed by atoms with Gasteiger partial charge in [0.1, 0.15) is 12.2 Å². The number of imide groups is 1. The highest BCUT2D eigenvalue weighted by molar-refractivity contribution is 7.99. The van der Waals surface area contributed by atoms with Crippen LogP contribution < -0.4 is 10.6 Å². The Bertz CT molecular complexity index is 1240. The lowest BCUT2D eigenvalue weighted by Gasteiger charge is -2.13. The minimum absolute atomic E-state index is 0.127. The lowest BCUT2D eigenvalue weighted by Crippen LogP contribution is -2.38. The molecule has 0 aromatic heterocycles. The molecule has 0 aliphatic carbocycles. The van der Waals surface area contributed by atoms with Gasteiger partial charge in [-0.05, 0) is 66.6 Å². The van der Waals surface area contributed by atoms with E-state index in [9.17, 15) is 14.4 Å². The van der Waals surface area contributed by atoms with Gasteiger partial charge in [0.25, 0.3) is 5.91 Å². The molecule has 0 atom stereocenters. The number of nitrogens with one attached hydrogen (secondary N) is 2. The monoisotopic (exact) mass is 477 g/mol. The molecule has 8 heteroatoms. The van der Waals surface area contributed by atoms with Crippen LogP contribution in [-0.4, -0.2) is 29.3 Å². The molecule has 1 saturated heterocycles. The van der Waals surface area contributed by atoms with Crippen molar-refractivity contribution in [3.8, 4) is 0 Å². The van der Waals surface area contributed by atoms with Crippen LogP contribution in [0.15, 0.2) is 88.3 Å². The third kappa shape index (κ3) is 5.63. The fraction of sp³-hybridized carbons (Fsp3) is 0.0800. The summed E-state index contributed by atoms with van der Waals surface area (Å²) < 4.78 is 0. The first-order valence-corrected chi connectivity index (χ1v) is 11.3. The van der Waals surface area contributed by atoms with E-state index in [2.05, 4.69) is 10.6 Å². The van der Waals surface area contributed by atoms with Gasteiger partial charge >= 0.3 is 6.03 Å². The number of carbonyl (C=O) groups excluding carboxylic acids is 3. The van der Waals surface area contributed by atoms with Crippen molar-refractivity contribution in [2.24, 2.45) is 0 Å². The molecule has 0 unspecified atom stereocenters. The summed E-state index contributed by atoms with van der Waals surface area (Å²) in [6.07, 6.45) is 1.59. The average Bonchev–Trinajstić information content (AvgIpc) is 3.05. The third-order valence-electron chi connectivity index (χ3n) is 4.92. The van der Waals surface area contributed by atoms with E-state index < -0.39 is 17.8 Å². The lowest BCUT2D eigenvalue weighted by molar-refractivity contribution is -0.127. The summed E-state index contributed by atoms with van der Waals surface area (Å²) in [5.74, 6) is -0.989. The molecule has 166 valence electrons. The number of halogens is 1. The smallest absolute Gasteiger partial charge is 0.324 e. The van der Waals surface area contributed by atoms with Crippen molar-refractivity contribution in [3.05, 3.63) is 94.6 Å². The summed E-state index contributed by atoms with van der Waals surface area (Å²) in [5, 5.41) is 5.96. The number of anilines is 1. The van der Waals surface area contributed by atoms with E-state index >= 15 is 0 Å². The van der Waals surface area contributed by atoms with Crippen molar-refractivity contribution in [3.63, 3.8) is 0 Å². The predicted octanol–water partition coefficient (Wildman–Crippen LogP) is 5.33. The van der Waals surface area contributed by atoms with Gasteiger partial charge in [-0.3, -0.25) is 9.59 Å². The Labute approximate surface area is 200 Å². The molecule has 1 aliphatic heterocycles. The first kappa shape index (κ1) is 22.6. The van der Waals surface area contributed by atoms with Crippen LogP contribution in [0.4, 0.5) is 10.5 Å². The molecule has 4 rings (SSSR count). The maximum absolute atomic E-state index is 12.7. The molecule has 0 radical (unpaired) electrons. The normalized spacial score (nSPS) is 14.5. The number of nitrogens with zero attached hydrogens (tertiary/aromatic N) is 1. The lowest BCUT2D eigenvalue weighted by atomic mass is 10.2. The van der Waals surface area contributed by atoms with Gasteiger partial charge in [-0.15, -0.1) is 0 Å². The molecule has 0 bridgehead atoms. The topological polar surface area (TPSA) is 78.5 Å². The highest BCUT2D eigenvalue weighted by atomic mass is 35.5. The van der Waals surface area contributed by atoms with Crippen LogP contribution in [0, 0.1) is 6.92 Å². The number of hydrogen-bond donors (Lipinski definition) is 2. The molecular formula is C25H20ClN3O3S. The number of carbonyl (C=O) groups is 3. The van der Waals surface area contributed by atoms with Crippen LogP contribution in [-0.2, 0) is 9.59 Å². The van der Waals surface area contributed by atoms with Crippen LogP contribution in [0.3, 0.4) is 0 Å². The van der Waals surface area contributed by atoms with Gasteiger partial charge in [0.15, 0.2) is 0 Å². The van der Waals surface area contributed by atoms with Crippen LogP contribution in [0.5, 0.6) is 0 Å². The average molecular weight is 478 g/mol. The SMILES string of the molecule is Cc1ccccc1NC(=O)CN1C(=O)NC(=Cc2ccc(Sc3ccc(Cl)cc3)cc2)C1=O. The minimum Gasteiger partial charge on any atom is -0.324 e. The summed E-state index contributed by atoms with van der Waals surface area (Å²) in [6, 6.07) is 21.8. The third-order valence-corrected chi connectivity index (χ3v) is 6.19. The number of rotatable bonds is 6. The minimum atomic E-state index is -0.624. The predicted molar refractivity (Wildman–Crippen MR) is 130 cm³/mol. The second-order valence-electron chi connectivity index (χ2n) is 7.37. The highest BCUT2D eigenvalue weighted by Gasteiger charge is 2.34. The Morgan fingerprint density at radius 3 is 2.30 bits per heavy atom. The van der Waals surface area contributed by atoms with Crippen molar-refractivity contribution in [2.45, 2.75) is 16.7 Å². The van der Waals surface area contributed by atoms with E-state index in [-0.39, 0.29) is 12.2 Å². The van der Waals surface area contributed by atoms with E-state index in [0.717, 1.165) is 25.8 Å². The van der Waals surface area contributed by atoms with Gasteiger partial charge in [-0.1, -0.05) is 53.7 Å². The first-order valence-electron chi connectivity index (χ1n) is 10.1. The zero-order valence-electron chi connectivity index (χ0n) is 17.7. The standard InChI is InChI=1S/C25H20ClN3O3S/c1-16-4-2-3-5-21(16)27-23(30)15-29-24(31)22(28-25(29)32)14-17-6-10-19(11-7-17)33-20-12-8-18(26)9-13-20/h2-14H,15H2,1H3,(H,27,30)(H,28,32). The summed E-state index contributed by atoms with van der Waals surface area (Å²) in [7, 11) is 0. The van der Waals surface area contributed by atoms with Gasteiger partial charge in [0.05, 0.1) is 0 Å².